The van der Waals surface area contributed by atoms with E-state index in [4.69, 9.17) is 5.84 Å². The number of amides is 1. The Bertz CT molecular complexity index is 636. The minimum Gasteiger partial charge on any atom is -0.294 e. The zero-order valence-corrected chi connectivity index (χ0v) is 10.5. The van der Waals surface area contributed by atoms with Crippen LogP contribution in [-0.4, -0.2) is 15.7 Å². The van der Waals surface area contributed by atoms with E-state index in [9.17, 15) is 9.59 Å². The summed E-state index contributed by atoms with van der Waals surface area (Å²) in [7, 11) is 0. The lowest BCUT2D eigenvalue weighted by Gasteiger charge is -2.08. The Labute approximate surface area is 110 Å². The van der Waals surface area contributed by atoms with Crippen molar-refractivity contribution in [3.8, 4) is 0 Å². The highest BCUT2D eigenvalue weighted by atomic mass is 16.2. The molecule has 2 aromatic rings. The van der Waals surface area contributed by atoms with Gasteiger partial charge >= 0.3 is 0 Å². The molecule has 0 spiro atoms. The van der Waals surface area contributed by atoms with E-state index in [0.29, 0.717) is 18.4 Å². The van der Waals surface area contributed by atoms with Crippen molar-refractivity contribution in [2.75, 3.05) is 0 Å². The smallest absolute Gasteiger partial charge is 0.233 e. The number of aryl methyl sites for hydroxylation is 1. The summed E-state index contributed by atoms with van der Waals surface area (Å²) < 4.78 is 1.79. The summed E-state index contributed by atoms with van der Waals surface area (Å²) in [4.78, 5) is 22.6. The quantitative estimate of drug-likeness (QED) is 0.355. The van der Waals surface area contributed by atoms with Crippen LogP contribution in [-0.2, 0) is 11.3 Å². The van der Waals surface area contributed by atoms with Crippen molar-refractivity contribution in [2.24, 2.45) is 5.84 Å². The van der Waals surface area contributed by atoms with Crippen LogP contribution in [0.15, 0.2) is 35.3 Å². The highest BCUT2D eigenvalue weighted by molar-refractivity contribution is 5.77. The average molecular weight is 260 g/mol. The maximum atomic E-state index is 11.6. The van der Waals surface area contributed by atoms with E-state index < -0.39 is 0 Å². The van der Waals surface area contributed by atoms with Crippen molar-refractivity contribution in [2.45, 2.75) is 25.8 Å². The summed E-state index contributed by atoms with van der Waals surface area (Å²) in [6.45, 7) is 0.665. The summed E-state index contributed by atoms with van der Waals surface area (Å²) >= 11 is 0. The highest BCUT2D eigenvalue weighted by Crippen LogP contribution is 2.09. The fourth-order valence-electron chi connectivity index (χ4n) is 1.96. The summed E-state index contributed by atoms with van der Waals surface area (Å²) in [5.41, 5.74) is 2.84. The Morgan fingerprint density at radius 1 is 1.32 bits per heavy atom. The zero-order chi connectivity index (χ0) is 13.7. The Balaban J connectivity index is 2.07. The van der Waals surface area contributed by atoms with E-state index in [0.717, 1.165) is 18.4 Å². The van der Waals surface area contributed by atoms with Gasteiger partial charge in [0.2, 0.25) is 11.3 Å². The molecule has 3 N–H and O–H groups in total. The van der Waals surface area contributed by atoms with Crippen molar-refractivity contribution in [3.63, 3.8) is 0 Å². The second-order valence-corrected chi connectivity index (χ2v) is 4.27. The number of para-hydroxylation sites is 1. The molecule has 0 fully saturated rings. The van der Waals surface area contributed by atoms with Crippen molar-refractivity contribution < 1.29 is 4.79 Å². The molecule has 100 valence electrons. The average Bonchev–Trinajstić information content (AvgIpc) is 2.45. The lowest BCUT2D eigenvalue weighted by Crippen LogP contribution is -2.29. The predicted molar refractivity (Wildman–Crippen MR) is 72.2 cm³/mol. The van der Waals surface area contributed by atoms with Gasteiger partial charge in [-0.25, -0.2) is 5.84 Å². The molecule has 0 aliphatic heterocycles. The molecular weight excluding hydrogens is 244 g/mol. The monoisotopic (exact) mass is 260 g/mol. The predicted octanol–water partition coefficient (Wildman–Crippen LogP) is 0.557. The Morgan fingerprint density at radius 2 is 2.11 bits per heavy atom. The number of hydrazine groups is 1. The van der Waals surface area contributed by atoms with Crippen molar-refractivity contribution in [1.82, 2.24) is 15.2 Å². The van der Waals surface area contributed by atoms with E-state index in [2.05, 4.69) is 10.5 Å². The fourth-order valence-corrected chi connectivity index (χ4v) is 1.96. The first kappa shape index (κ1) is 13.2. The van der Waals surface area contributed by atoms with Gasteiger partial charge in [0.05, 0.1) is 11.7 Å². The molecule has 0 saturated carbocycles. The molecule has 1 heterocycles. The highest BCUT2D eigenvalue weighted by Gasteiger charge is 2.03. The number of hydrogen-bond acceptors (Lipinski definition) is 4. The molecule has 0 unspecified atom stereocenters. The molecule has 0 aliphatic carbocycles. The third kappa shape index (κ3) is 3.17. The van der Waals surface area contributed by atoms with Crippen LogP contribution in [0.2, 0.25) is 0 Å². The van der Waals surface area contributed by atoms with Crippen molar-refractivity contribution in [3.05, 3.63) is 40.7 Å². The van der Waals surface area contributed by atoms with Crippen LogP contribution in [0.1, 0.15) is 19.3 Å². The number of aromatic nitrogens is 2. The third-order valence-corrected chi connectivity index (χ3v) is 2.95. The molecule has 19 heavy (non-hydrogen) atoms. The fraction of sp³-hybridized carbons (Fsp3) is 0.308. The summed E-state index contributed by atoms with van der Waals surface area (Å²) in [5.74, 6) is 4.84. The van der Waals surface area contributed by atoms with E-state index in [1.165, 1.54) is 6.20 Å². The Kier molecular flexibility index (Phi) is 4.25. The minimum atomic E-state index is -0.169. The molecule has 2 rings (SSSR count). The van der Waals surface area contributed by atoms with Crippen LogP contribution < -0.4 is 16.7 Å². The van der Waals surface area contributed by atoms with Crippen LogP contribution in [0, 0.1) is 0 Å². The van der Waals surface area contributed by atoms with Crippen molar-refractivity contribution >= 4 is 16.8 Å². The Hall–Kier alpha value is -2.21. The van der Waals surface area contributed by atoms with Crippen LogP contribution in [0.25, 0.3) is 10.9 Å². The maximum absolute atomic E-state index is 11.6. The largest absolute Gasteiger partial charge is 0.294 e. The summed E-state index contributed by atoms with van der Waals surface area (Å²) in [6.07, 6.45) is 3.25. The van der Waals surface area contributed by atoms with Gasteiger partial charge in [0.1, 0.15) is 0 Å². The second-order valence-electron chi connectivity index (χ2n) is 4.27. The first-order valence-electron chi connectivity index (χ1n) is 6.16. The molecule has 0 radical (unpaired) electrons. The number of nitrogens with zero attached hydrogens (tertiary/aromatic N) is 2. The van der Waals surface area contributed by atoms with E-state index in [1.807, 2.05) is 18.2 Å². The number of benzene rings is 1. The molecule has 6 nitrogen and oxygen atoms in total. The number of nitrogens with two attached hydrogens (primary N) is 1. The topological polar surface area (TPSA) is 90.0 Å². The summed E-state index contributed by atoms with van der Waals surface area (Å²) in [6, 6.07) is 7.37. The minimum absolute atomic E-state index is 0.0747. The number of carbonyl (C=O) groups is 1. The SMILES string of the molecule is NNC(=O)CCCCn1ncc(=O)c2ccccc21. The molecule has 1 aromatic heterocycles. The summed E-state index contributed by atoms with van der Waals surface area (Å²) in [5, 5.41) is 4.79. The normalized spacial score (nSPS) is 10.6. The molecule has 0 bridgehead atoms. The number of unbranched alkanes of at least 4 members (excludes halogenated alkanes) is 1. The van der Waals surface area contributed by atoms with Crippen LogP contribution in [0.3, 0.4) is 0 Å². The van der Waals surface area contributed by atoms with Gasteiger partial charge in [-0.1, -0.05) is 12.1 Å². The van der Waals surface area contributed by atoms with Crippen LogP contribution in [0.4, 0.5) is 0 Å². The van der Waals surface area contributed by atoms with Gasteiger partial charge in [-0.05, 0) is 25.0 Å². The van der Waals surface area contributed by atoms with Crippen LogP contribution in [0.5, 0.6) is 0 Å². The van der Waals surface area contributed by atoms with E-state index in [1.54, 1.807) is 10.7 Å². The van der Waals surface area contributed by atoms with Gasteiger partial charge in [0.15, 0.2) is 0 Å². The standard InChI is InChI=1S/C13H16N4O2/c14-16-13(19)7-3-4-8-17-11-6-2-1-5-10(11)12(18)9-15-17/h1-2,5-6,9H,3-4,7-8,14H2,(H,16,19). The van der Waals surface area contributed by atoms with Gasteiger partial charge in [0, 0.05) is 18.4 Å². The molecular formula is C13H16N4O2. The van der Waals surface area contributed by atoms with Gasteiger partial charge < -0.3 is 0 Å². The number of carbonyl (C=O) groups excluding carboxylic acids is 1. The molecule has 0 atom stereocenters. The first-order valence-corrected chi connectivity index (χ1v) is 6.16. The third-order valence-electron chi connectivity index (χ3n) is 2.95. The van der Waals surface area contributed by atoms with Crippen molar-refractivity contribution in [1.29, 1.82) is 0 Å². The zero-order valence-electron chi connectivity index (χ0n) is 10.5. The number of rotatable bonds is 5. The number of fused-ring (bicyclic) bond motifs is 1. The van der Waals surface area contributed by atoms with E-state index >= 15 is 0 Å². The molecule has 6 heteroatoms. The second kappa shape index (κ2) is 6.10. The Morgan fingerprint density at radius 3 is 2.89 bits per heavy atom. The van der Waals surface area contributed by atoms with Gasteiger partial charge in [-0.3, -0.25) is 19.7 Å². The molecule has 0 aliphatic rings. The van der Waals surface area contributed by atoms with Gasteiger partial charge in [-0.15, -0.1) is 0 Å². The molecule has 0 saturated heterocycles. The first-order chi connectivity index (χ1) is 9.22. The maximum Gasteiger partial charge on any atom is 0.233 e. The molecule has 1 amide bonds. The number of hydrogen-bond donors (Lipinski definition) is 2. The van der Waals surface area contributed by atoms with Crippen LogP contribution >= 0.6 is 0 Å². The lowest BCUT2D eigenvalue weighted by atomic mass is 10.2. The van der Waals surface area contributed by atoms with Gasteiger partial charge in [-0.2, -0.15) is 5.10 Å². The van der Waals surface area contributed by atoms with E-state index in [-0.39, 0.29) is 11.3 Å². The lowest BCUT2D eigenvalue weighted by molar-refractivity contribution is -0.121. The number of nitrogens with one attached hydrogen (secondary N) is 1. The van der Waals surface area contributed by atoms with Gasteiger partial charge in [0.25, 0.3) is 0 Å². The molecule has 1 aromatic carbocycles.